The number of allylic oxidation sites excluding steroid dienone is 1. The van der Waals surface area contributed by atoms with Crippen LogP contribution in [0, 0.1) is 5.41 Å². The van der Waals surface area contributed by atoms with E-state index in [4.69, 9.17) is 10.1 Å². The maximum atomic E-state index is 13.0. The highest BCUT2D eigenvalue weighted by molar-refractivity contribution is 8.19. The van der Waals surface area contributed by atoms with Gasteiger partial charge in [-0.25, -0.2) is 0 Å². The summed E-state index contributed by atoms with van der Waals surface area (Å²) in [6, 6.07) is 11.8. The number of methoxy groups -OCH3 is 1. The summed E-state index contributed by atoms with van der Waals surface area (Å²) in [5.41, 5.74) is 0.933. The molecule has 0 bridgehead atoms. The van der Waals surface area contributed by atoms with E-state index < -0.39 is 5.92 Å². The molecular weight excluding hydrogens is 378 g/mol. The van der Waals surface area contributed by atoms with Gasteiger partial charge in [-0.3, -0.25) is 10.2 Å². The van der Waals surface area contributed by atoms with Crippen molar-refractivity contribution in [3.63, 3.8) is 0 Å². The molecule has 1 saturated heterocycles. The normalized spacial score (nSPS) is 18.6. The number of hydrogen-bond acceptors (Lipinski definition) is 7. The van der Waals surface area contributed by atoms with Gasteiger partial charge in [0, 0.05) is 5.39 Å². The third-order valence-corrected chi connectivity index (χ3v) is 6.57. The molecule has 1 fully saturated rings. The quantitative estimate of drug-likeness (QED) is 0.649. The Morgan fingerprint density at radius 3 is 2.67 bits per heavy atom. The summed E-state index contributed by atoms with van der Waals surface area (Å²) in [6.07, 6.45) is 2.64. The van der Waals surface area contributed by atoms with Crippen LogP contribution in [0.5, 0.6) is 5.75 Å². The lowest BCUT2D eigenvalue weighted by Crippen LogP contribution is -2.11. The van der Waals surface area contributed by atoms with E-state index in [0.29, 0.717) is 15.0 Å². The van der Waals surface area contributed by atoms with Crippen molar-refractivity contribution >= 4 is 50.8 Å². The Labute approximate surface area is 165 Å². The zero-order valence-corrected chi connectivity index (χ0v) is 16.5. The minimum atomic E-state index is -0.622. The number of nitrogens with one attached hydrogen (secondary N) is 1. The van der Waals surface area contributed by atoms with E-state index in [2.05, 4.69) is 10.2 Å². The first kappa shape index (κ1) is 17.9. The topological polar surface area (TPSA) is 75.9 Å². The Morgan fingerprint density at radius 1 is 1.19 bits per heavy atom. The molecule has 1 aromatic heterocycles. The molecule has 1 aliphatic rings. The second-order valence-corrected chi connectivity index (χ2v) is 8.24. The van der Waals surface area contributed by atoms with Crippen molar-refractivity contribution in [2.24, 2.45) is 0 Å². The van der Waals surface area contributed by atoms with Gasteiger partial charge in [-0.05, 0) is 29.5 Å². The lowest BCUT2D eigenvalue weighted by Gasteiger charge is -2.08. The predicted molar refractivity (Wildman–Crippen MR) is 111 cm³/mol. The Morgan fingerprint density at radius 2 is 1.96 bits per heavy atom. The smallest absolute Gasteiger partial charge is 0.186 e. The van der Waals surface area contributed by atoms with E-state index in [0.717, 1.165) is 33.5 Å². The first-order valence-corrected chi connectivity index (χ1v) is 10.2. The lowest BCUT2D eigenvalue weighted by atomic mass is 10.0. The van der Waals surface area contributed by atoms with Gasteiger partial charge in [0.1, 0.15) is 21.7 Å². The monoisotopic (exact) mass is 395 g/mol. The van der Waals surface area contributed by atoms with Crippen LogP contribution < -0.4 is 4.74 Å². The van der Waals surface area contributed by atoms with Crippen molar-refractivity contribution < 1.29 is 9.53 Å². The molecule has 2 heterocycles. The molecule has 0 saturated carbocycles. The van der Waals surface area contributed by atoms with Crippen LogP contribution >= 0.6 is 23.1 Å². The largest absolute Gasteiger partial charge is 0.496 e. The Balaban J connectivity index is 1.74. The van der Waals surface area contributed by atoms with Crippen molar-refractivity contribution in [2.75, 3.05) is 7.11 Å². The Bertz CT molecular complexity index is 1090. The number of benzene rings is 2. The second-order valence-electron chi connectivity index (χ2n) is 6.06. The van der Waals surface area contributed by atoms with E-state index in [1.165, 1.54) is 23.1 Å². The highest BCUT2D eigenvalue weighted by Gasteiger charge is 2.39. The molecule has 5 nitrogen and oxygen atoms in total. The molecule has 27 heavy (non-hydrogen) atoms. The van der Waals surface area contributed by atoms with Crippen molar-refractivity contribution in [1.29, 1.82) is 5.41 Å². The summed E-state index contributed by atoms with van der Waals surface area (Å²) in [7, 11) is 1.65. The van der Waals surface area contributed by atoms with Gasteiger partial charge in [0.2, 0.25) is 0 Å². The molecule has 0 radical (unpaired) electrons. The summed E-state index contributed by atoms with van der Waals surface area (Å²) in [5, 5.41) is 20.3. The van der Waals surface area contributed by atoms with Gasteiger partial charge >= 0.3 is 0 Å². The van der Waals surface area contributed by atoms with Crippen LogP contribution in [0.15, 0.2) is 41.3 Å². The first-order chi connectivity index (χ1) is 13.1. The molecule has 4 rings (SSSR count). The van der Waals surface area contributed by atoms with E-state index in [1.54, 1.807) is 7.11 Å². The summed E-state index contributed by atoms with van der Waals surface area (Å²) in [4.78, 5) is 13.5. The predicted octanol–water partition coefficient (Wildman–Crippen LogP) is 4.68. The third-order valence-electron chi connectivity index (χ3n) is 4.44. The number of aryl methyl sites for hydroxylation is 1. The number of nitrogens with zero attached hydrogens (tertiary/aromatic N) is 2. The maximum absolute atomic E-state index is 13.0. The standard InChI is InChI=1S/C20H17N3O2S2/c1-3-16-22-23-20(27-16)17-18(24)15(26-19(17)21)10-11-8-9-14(25-2)13-7-5-4-6-12(11)13/h4-10,17,21H,3H2,1-2H3/b15-10-,21-19?/t17-/m1/s1. The molecule has 3 aromatic rings. The van der Waals surface area contributed by atoms with Gasteiger partial charge in [-0.2, -0.15) is 0 Å². The van der Waals surface area contributed by atoms with Crippen LogP contribution in [0.3, 0.4) is 0 Å². The fourth-order valence-electron chi connectivity index (χ4n) is 3.08. The van der Waals surface area contributed by atoms with Crippen LogP contribution in [0.25, 0.3) is 16.8 Å². The number of aromatic nitrogens is 2. The molecule has 0 unspecified atom stereocenters. The van der Waals surface area contributed by atoms with Crippen LogP contribution in [0.4, 0.5) is 0 Å². The molecule has 2 aromatic carbocycles. The minimum absolute atomic E-state index is 0.0799. The summed E-state index contributed by atoms with van der Waals surface area (Å²) >= 11 is 2.62. The van der Waals surface area contributed by atoms with Gasteiger partial charge < -0.3 is 4.74 Å². The van der Waals surface area contributed by atoms with Crippen LogP contribution in [-0.4, -0.2) is 28.1 Å². The molecular formula is C20H17N3O2S2. The highest BCUT2D eigenvalue weighted by Crippen LogP contribution is 2.42. The van der Waals surface area contributed by atoms with Crippen LogP contribution in [0.2, 0.25) is 0 Å². The number of thioether (sulfide) groups is 1. The Hall–Kier alpha value is -2.51. The molecule has 0 spiro atoms. The Kier molecular flexibility index (Phi) is 4.80. The summed E-state index contributed by atoms with van der Waals surface area (Å²) in [5.74, 6) is 0.0944. The van der Waals surface area contributed by atoms with Crippen molar-refractivity contribution in [2.45, 2.75) is 19.3 Å². The second kappa shape index (κ2) is 7.25. The number of ether oxygens (including phenoxy) is 1. The number of Topliss-reactive ketones (excluding diaryl/α,β-unsaturated/α-hetero) is 1. The summed E-state index contributed by atoms with van der Waals surface area (Å²) < 4.78 is 5.44. The number of carbonyl (C=O) groups is 1. The van der Waals surface area contributed by atoms with E-state index in [-0.39, 0.29) is 5.78 Å². The lowest BCUT2D eigenvalue weighted by molar-refractivity contribution is -0.114. The summed E-state index contributed by atoms with van der Waals surface area (Å²) in [6.45, 7) is 2.00. The van der Waals surface area contributed by atoms with Crippen molar-refractivity contribution in [1.82, 2.24) is 10.2 Å². The number of ketones is 1. The zero-order valence-electron chi connectivity index (χ0n) is 14.9. The SMILES string of the molecule is CCc1nnc([C@H]2C(=N)S/C(=C\c3ccc(OC)c4ccccc34)C2=O)s1. The van der Waals surface area contributed by atoms with E-state index >= 15 is 0 Å². The fraction of sp³-hybridized carbons (Fsp3) is 0.200. The van der Waals surface area contributed by atoms with Gasteiger partial charge in [-0.1, -0.05) is 49.0 Å². The van der Waals surface area contributed by atoms with Crippen LogP contribution in [0.1, 0.15) is 28.4 Å². The molecule has 0 aliphatic carbocycles. The number of rotatable bonds is 4. The van der Waals surface area contributed by atoms with E-state index in [1.807, 2.05) is 49.4 Å². The third kappa shape index (κ3) is 3.17. The number of fused-ring (bicyclic) bond motifs is 1. The average molecular weight is 396 g/mol. The minimum Gasteiger partial charge on any atom is -0.496 e. The zero-order chi connectivity index (χ0) is 19.0. The molecule has 1 N–H and O–H groups in total. The van der Waals surface area contributed by atoms with Crippen molar-refractivity contribution in [3.05, 3.63) is 56.9 Å². The molecule has 0 amide bonds. The molecule has 1 atom stereocenters. The van der Waals surface area contributed by atoms with Crippen LogP contribution in [-0.2, 0) is 11.2 Å². The molecule has 1 aliphatic heterocycles. The average Bonchev–Trinajstić information content (AvgIpc) is 3.26. The van der Waals surface area contributed by atoms with Gasteiger partial charge in [-0.15, -0.1) is 21.5 Å². The number of hydrogen-bond donors (Lipinski definition) is 1. The van der Waals surface area contributed by atoms with E-state index in [9.17, 15) is 4.79 Å². The highest BCUT2D eigenvalue weighted by atomic mass is 32.2. The van der Waals surface area contributed by atoms with Gasteiger partial charge in [0.15, 0.2) is 5.78 Å². The van der Waals surface area contributed by atoms with Gasteiger partial charge in [0.25, 0.3) is 0 Å². The maximum Gasteiger partial charge on any atom is 0.186 e. The molecule has 136 valence electrons. The number of carbonyl (C=O) groups excluding carboxylic acids is 1. The van der Waals surface area contributed by atoms with Gasteiger partial charge in [0.05, 0.1) is 17.1 Å². The van der Waals surface area contributed by atoms with Crippen molar-refractivity contribution in [3.8, 4) is 5.75 Å². The molecule has 7 heteroatoms. The fourth-order valence-corrected chi connectivity index (χ4v) is 5.02. The first-order valence-electron chi connectivity index (χ1n) is 8.52.